The second-order valence-electron chi connectivity index (χ2n) is 5.60. The lowest BCUT2D eigenvalue weighted by atomic mass is 10.1. The first-order valence-corrected chi connectivity index (χ1v) is 7.17. The third kappa shape index (κ3) is 4.96. The second kappa shape index (κ2) is 7.86. The molecule has 2 rings (SSSR count). The van der Waals surface area contributed by atoms with Crippen molar-refractivity contribution in [1.82, 2.24) is 10.2 Å². The summed E-state index contributed by atoms with van der Waals surface area (Å²) in [6.45, 7) is 8.20. The first-order chi connectivity index (χ1) is 9.10. The van der Waals surface area contributed by atoms with Gasteiger partial charge in [-0.3, -0.25) is 4.99 Å². The SMILES string of the molecule is CCN=C(NC1CC1C)N(C)Cc1ccc(C)cc1.I. The summed E-state index contributed by atoms with van der Waals surface area (Å²) in [7, 11) is 2.11. The molecule has 112 valence electrons. The van der Waals surface area contributed by atoms with E-state index in [1.165, 1.54) is 17.5 Å². The molecule has 1 N–H and O–H groups in total. The van der Waals surface area contributed by atoms with Crippen molar-refractivity contribution < 1.29 is 0 Å². The molecule has 4 heteroatoms. The molecule has 1 saturated carbocycles. The normalized spacial score (nSPS) is 21.1. The van der Waals surface area contributed by atoms with Crippen molar-refractivity contribution in [3.63, 3.8) is 0 Å². The Morgan fingerprint density at radius 3 is 2.45 bits per heavy atom. The highest BCUT2D eigenvalue weighted by atomic mass is 127. The number of aryl methyl sites for hydroxylation is 1. The van der Waals surface area contributed by atoms with Crippen LogP contribution >= 0.6 is 24.0 Å². The van der Waals surface area contributed by atoms with Gasteiger partial charge in [0.1, 0.15) is 0 Å². The zero-order valence-corrected chi connectivity index (χ0v) is 15.2. The highest BCUT2D eigenvalue weighted by Crippen LogP contribution is 2.29. The number of nitrogens with one attached hydrogen (secondary N) is 1. The smallest absolute Gasteiger partial charge is 0.194 e. The van der Waals surface area contributed by atoms with Crippen molar-refractivity contribution in [2.24, 2.45) is 10.9 Å². The van der Waals surface area contributed by atoms with Gasteiger partial charge in [0.2, 0.25) is 0 Å². The van der Waals surface area contributed by atoms with Crippen molar-refractivity contribution in [2.75, 3.05) is 13.6 Å². The number of nitrogens with zero attached hydrogens (tertiary/aromatic N) is 2. The maximum absolute atomic E-state index is 4.58. The summed E-state index contributed by atoms with van der Waals surface area (Å²) in [6.07, 6.45) is 1.26. The molecule has 0 aromatic heterocycles. The summed E-state index contributed by atoms with van der Waals surface area (Å²) < 4.78 is 0. The predicted octanol–water partition coefficient (Wildman–Crippen LogP) is 3.42. The van der Waals surface area contributed by atoms with Crippen LogP contribution in [0.4, 0.5) is 0 Å². The average Bonchev–Trinajstić information content (AvgIpc) is 3.07. The molecule has 1 aromatic carbocycles. The van der Waals surface area contributed by atoms with Gasteiger partial charge in [0.25, 0.3) is 0 Å². The number of benzene rings is 1. The van der Waals surface area contributed by atoms with E-state index < -0.39 is 0 Å². The fourth-order valence-corrected chi connectivity index (χ4v) is 2.16. The molecule has 2 unspecified atom stereocenters. The Kier molecular flexibility index (Phi) is 6.79. The molecule has 1 aliphatic rings. The van der Waals surface area contributed by atoms with Gasteiger partial charge in [-0.05, 0) is 31.7 Å². The topological polar surface area (TPSA) is 27.6 Å². The minimum Gasteiger partial charge on any atom is -0.353 e. The van der Waals surface area contributed by atoms with E-state index in [4.69, 9.17) is 0 Å². The number of aliphatic imine (C=N–C) groups is 1. The summed E-state index contributed by atoms with van der Waals surface area (Å²) in [4.78, 5) is 6.79. The predicted molar refractivity (Wildman–Crippen MR) is 96.7 cm³/mol. The summed E-state index contributed by atoms with van der Waals surface area (Å²) in [5.41, 5.74) is 2.63. The van der Waals surface area contributed by atoms with Crippen LogP contribution in [0.15, 0.2) is 29.3 Å². The van der Waals surface area contributed by atoms with Crippen LogP contribution in [0.1, 0.15) is 31.4 Å². The number of hydrogen-bond donors (Lipinski definition) is 1. The molecule has 1 aromatic rings. The van der Waals surface area contributed by atoms with Crippen LogP contribution in [0, 0.1) is 12.8 Å². The first-order valence-electron chi connectivity index (χ1n) is 7.17. The van der Waals surface area contributed by atoms with E-state index in [1.54, 1.807) is 0 Å². The van der Waals surface area contributed by atoms with Crippen molar-refractivity contribution in [3.8, 4) is 0 Å². The first kappa shape index (κ1) is 17.3. The Hall–Kier alpha value is -0.780. The Morgan fingerprint density at radius 1 is 1.35 bits per heavy atom. The number of guanidine groups is 1. The zero-order valence-electron chi connectivity index (χ0n) is 12.9. The fourth-order valence-electron chi connectivity index (χ4n) is 2.16. The lowest BCUT2D eigenvalue weighted by Crippen LogP contribution is -2.40. The number of halogens is 1. The molecule has 1 aliphatic carbocycles. The second-order valence-corrected chi connectivity index (χ2v) is 5.60. The van der Waals surface area contributed by atoms with E-state index in [1.807, 2.05) is 0 Å². The van der Waals surface area contributed by atoms with E-state index in [2.05, 4.69) is 67.3 Å². The van der Waals surface area contributed by atoms with E-state index in [0.717, 1.165) is 25.0 Å². The maximum Gasteiger partial charge on any atom is 0.194 e. The van der Waals surface area contributed by atoms with Crippen molar-refractivity contribution >= 4 is 29.9 Å². The van der Waals surface area contributed by atoms with E-state index in [0.29, 0.717) is 6.04 Å². The van der Waals surface area contributed by atoms with Crippen LogP contribution in [-0.4, -0.2) is 30.5 Å². The standard InChI is InChI=1S/C16H25N3.HI/c1-5-17-16(18-15-10-13(15)3)19(4)11-14-8-6-12(2)7-9-14;/h6-9,13,15H,5,10-11H2,1-4H3,(H,17,18);1H. The Labute approximate surface area is 139 Å². The molecule has 0 amide bonds. The van der Waals surface area contributed by atoms with Crippen LogP contribution < -0.4 is 5.32 Å². The highest BCUT2D eigenvalue weighted by molar-refractivity contribution is 14.0. The van der Waals surface area contributed by atoms with Gasteiger partial charge in [0, 0.05) is 26.2 Å². The minimum absolute atomic E-state index is 0. The van der Waals surface area contributed by atoms with Crippen molar-refractivity contribution in [1.29, 1.82) is 0 Å². The third-order valence-corrected chi connectivity index (χ3v) is 3.63. The van der Waals surface area contributed by atoms with Crippen molar-refractivity contribution in [3.05, 3.63) is 35.4 Å². The Balaban J connectivity index is 0.00000200. The fraction of sp³-hybridized carbons (Fsp3) is 0.562. The molecule has 0 bridgehead atoms. The van der Waals surface area contributed by atoms with Crippen LogP contribution in [0.3, 0.4) is 0 Å². The van der Waals surface area contributed by atoms with E-state index in [-0.39, 0.29) is 24.0 Å². The van der Waals surface area contributed by atoms with Crippen LogP contribution in [0.5, 0.6) is 0 Å². The largest absolute Gasteiger partial charge is 0.353 e. The monoisotopic (exact) mass is 387 g/mol. The highest BCUT2D eigenvalue weighted by Gasteiger charge is 2.33. The average molecular weight is 387 g/mol. The summed E-state index contributed by atoms with van der Waals surface area (Å²) in [5.74, 6) is 1.81. The lowest BCUT2D eigenvalue weighted by Gasteiger charge is -2.22. The molecular formula is C16H26IN3. The molecule has 3 nitrogen and oxygen atoms in total. The summed E-state index contributed by atoms with van der Waals surface area (Å²) in [6, 6.07) is 9.32. The van der Waals surface area contributed by atoms with Gasteiger partial charge in [-0.15, -0.1) is 24.0 Å². The van der Waals surface area contributed by atoms with Gasteiger partial charge < -0.3 is 10.2 Å². The summed E-state index contributed by atoms with van der Waals surface area (Å²) in [5, 5.41) is 3.55. The minimum atomic E-state index is 0. The van der Waals surface area contributed by atoms with Gasteiger partial charge in [0.15, 0.2) is 5.96 Å². The van der Waals surface area contributed by atoms with Gasteiger partial charge in [0.05, 0.1) is 0 Å². The van der Waals surface area contributed by atoms with Gasteiger partial charge >= 0.3 is 0 Å². The number of hydrogen-bond acceptors (Lipinski definition) is 1. The van der Waals surface area contributed by atoms with Crippen LogP contribution in [0.2, 0.25) is 0 Å². The Bertz CT molecular complexity index is 442. The number of rotatable bonds is 4. The Morgan fingerprint density at radius 2 is 1.95 bits per heavy atom. The molecular weight excluding hydrogens is 361 g/mol. The molecule has 0 saturated heterocycles. The van der Waals surface area contributed by atoms with Crippen LogP contribution in [0.25, 0.3) is 0 Å². The van der Waals surface area contributed by atoms with Gasteiger partial charge in [-0.1, -0.05) is 36.8 Å². The maximum atomic E-state index is 4.58. The molecule has 0 aliphatic heterocycles. The third-order valence-electron chi connectivity index (χ3n) is 3.63. The molecule has 2 atom stereocenters. The zero-order chi connectivity index (χ0) is 13.8. The molecule has 0 spiro atoms. The van der Waals surface area contributed by atoms with Crippen LogP contribution in [-0.2, 0) is 6.54 Å². The summed E-state index contributed by atoms with van der Waals surface area (Å²) >= 11 is 0. The van der Waals surface area contributed by atoms with E-state index >= 15 is 0 Å². The van der Waals surface area contributed by atoms with Gasteiger partial charge in [-0.25, -0.2) is 0 Å². The quantitative estimate of drug-likeness (QED) is 0.487. The van der Waals surface area contributed by atoms with Gasteiger partial charge in [-0.2, -0.15) is 0 Å². The molecule has 0 radical (unpaired) electrons. The lowest BCUT2D eigenvalue weighted by molar-refractivity contribution is 0.473. The van der Waals surface area contributed by atoms with Crippen molar-refractivity contribution in [2.45, 2.75) is 39.8 Å². The molecule has 1 fully saturated rings. The molecule has 20 heavy (non-hydrogen) atoms. The van der Waals surface area contributed by atoms with E-state index in [9.17, 15) is 0 Å². The molecule has 0 heterocycles.